The van der Waals surface area contributed by atoms with Crippen LogP contribution in [0.4, 0.5) is 5.69 Å². The summed E-state index contributed by atoms with van der Waals surface area (Å²) >= 11 is 0. The summed E-state index contributed by atoms with van der Waals surface area (Å²) in [5.74, 6) is 0.0833. The van der Waals surface area contributed by atoms with Crippen LogP contribution in [-0.4, -0.2) is 30.0 Å². The molecule has 10 heteroatoms. The number of hydrogen-bond donors (Lipinski definition) is 1. The number of hydrogen-bond acceptors (Lipinski definition) is 6. The molecule has 0 aliphatic carbocycles. The predicted octanol–water partition coefficient (Wildman–Crippen LogP) is 2.99. The summed E-state index contributed by atoms with van der Waals surface area (Å²) in [5.41, 5.74) is 2.29. The number of aryl methyl sites for hydroxylation is 2. The van der Waals surface area contributed by atoms with Gasteiger partial charge in [-0.05, 0) is 44.5 Å². The molecular weight excluding hydrogens is 448 g/mol. The summed E-state index contributed by atoms with van der Waals surface area (Å²) in [7, 11) is 1.76. The molecule has 0 saturated heterocycles. The lowest BCUT2D eigenvalue weighted by atomic mass is 10.2. The van der Waals surface area contributed by atoms with Crippen molar-refractivity contribution in [2.24, 2.45) is 7.05 Å². The lowest BCUT2D eigenvalue weighted by Crippen LogP contribution is -2.23. The summed E-state index contributed by atoms with van der Waals surface area (Å²) in [5, 5.41) is 6.65. The van der Waals surface area contributed by atoms with Crippen molar-refractivity contribution < 1.29 is 9.32 Å². The van der Waals surface area contributed by atoms with Gasteiger partial charge in [0.05, 0.1) is 16.9 Å². The zero-order valence-corrected chi connectivity index (χ0v) is 20.2. The number of benzene rings is 1. The predicted molar refractivity (Wildman–Crippen MR) is 132 cm³/mol. The monoisotopic (exact) mass is 476 g/mol. The number of amides is 1. The van der Waals surface area contributed by atoms with Gasteiger partial charge in [-0.1, -0.05) is 30.3 Å². The molecule has 1 amide bonds. The molecule has 4 rings (SSSR count). The summed E-state index contributed by atoms with van der Waals surface area (Å²) in [4.78, 5) is 42.7. The molecule has 10 nitrogen and oxygen atoms in total. The van der Waals surface area contributed by atoms with E-state index in [2.05, 4.69) is 15.5 Å². The Morgan fingerprint density at radius 1 is 1.06 bits per heavy atom. The van der Waals surface area contributed by atoms with Crippen LogP contribution in [0.3, 0.4) is 0 Å². The Hall–Kier alpha value is -4.21. The van der Waals surface area contributed by atoms with Crippen LogP contribution in [0.25, 0.3) is 17.1 Å². The van der Waals surface area contributed by atoms with E-state index in [1.165, 1.54) is 4.68 Å². The first-order valence-electron chi connectivity index (χ1n) is 11.5. The molecule has 0 spiro atoms. The third kappa shape index (κ3) is 4.72. The molecule has 0 bridgehead atoms. The van der Waals surface area contributed by atoms with Crippen molar-refractivity contribution in [1.82, 2.24) is 24.1 Å². The molecule has 1 aromatic carbocycles. The molecular formula is C25H28N6O4. The first-order chi connectivity index (χ1) is 16.8. The van der Waals surface area contributed by atoms with Crippen LogP contribution in [0.1, 0.15) is 37.0 Å². The number of nitrogens with one attached hydrogen (secondary N) is 1. The van der Waals surface area contributed by atoms with Gasteiger partial charge < -0.3 is 14.4 Å². The molecule has 0 radical (unpaired) electrons. The molecule has 4 aromatic rings. The van der Waals surface area contributed by atoms with E-state index >= 15 is 0 Å². The van der Waals surface area contributed by atoms with Crippen LogP contribution < -0.4 is 16.4 Å². The number of para-hydroxylation sites is 1. The minimum atomic E-state index is -0.351. The van der Waals surface area contributed by atoms with Gasteiger partial charge in [0.1, 0.15) is 5.69 Å². The van der Waals surface area contributed by atoms with Gasteiger partial charge >= 0.3 is 0 Å². The van der Waals surface area contributed by atoms with Crippen LogP contribution in [-0.2, 0) is 24.8 Å². The lowest BCUT2D eigenvalue weighted by molar-refractivity contribution is -0.116. The summed E-state index contributed by atoms with van der Waals surface area (Å²) in [6.07, 6.45) is 1.04. The quantitative estimate of drug-likeness (QED) is 0.418. The van der Waals surface area contributed by atoms with Crippen LogP contribution >= 0.6 is 0 Å². The molecule has 0 atom stereocenters. The van der Waals surface area contributed by atoms with Crippen molar-refractivity contribution in [2.45, 2.75) is 46.6 Å². The van der Waals surface area contributed by atoms with Crippen molar-refractivity contribution in [3.63, 3.8) is 0 Å². The number of aromatic nitrogens is 5. The number of rotatable bonds is 8. The maximum atomic E-state index is 13.0. The molecule has 3 heterocycles. The number of pyridine rings is 1. The molecule has 0 aliphatic rings. The first-order valence-corrected chi connectivity index (χ1v) is 11.5. The van der Waals surface area contributed by atoms with Gasteiger partial charge in [-0.2, -0.15) is 4.98 Å². The molecule has 0 saturated carbocycles. The fourth-order valence-corrected chi connectivity index (χ4v) is 3.94. The molecule has 0 aliphatic heterocycles. The maximum Gasteiger partial charge on any atom is 0.295 e. The van der Waals surface area contributed by atoms with Gasteiger partial charge in [-0.25, -0.2) is 4.68 Å². The Morgan fingerprint density at radius 3 is 2.51 bits per heavy atom. The van der Waals surface area contributed by atoms with E-state index in [4.69, 9.17) is 4.52 Å². The van der Waals surface area contributed by atoms with Crippen molar-refractivity contribution in [3.05, 3.63) is 80.5 Å². The third-order valence-electron chi connectivity index (χ3n) is 5.93. The van der Waals surface area contributed by atoms with Gasteiger partial charge in [0.2, 0.25) is 17.6 Å². The summed E-state index contributed by atoms with van der Waals surface area (Å²) in [6, 6.07) is 12.7. The van der Waals surface area contributed by atoms with Crippen LogP contribution in [0.5, 0.6) is 0 Å². The van der Waals surface area contributed by atoms with Gasteiger partial charge in [0, 0.05) is 32.1 Å². The van der Waals surface area contributed by atoms with Crippen LogP contribution in [0.15, 0.2) is 56.6 Å². The SMILES string of the molecule is CCCn1c(C)ccc(-c2noc(CCC(=O)Nc3c(C)n(C)n(-c4ccccc4)c3=O)n2)c1=O. The minimum absolute atomic E-state index is 0.0364. The maximum absolute atomic E-state index is 13.0. The highest BCUT2D eigenvalue weighted by Gasteiger charge is 2.19. The highest BCUT2D eigenvalue weighted by Crippen LogP contribution is 2.16. The lowest BCUT2D eigenvalue weighted by Gasteiger charge is -2.09. The number of anilines is 1. The van der Waals surface area contributed by atoms with E-state index in [-0.39, 0.29) is 47.3 Å². The molecule has 0 fully saturated rings. The van der Waals surface area contributed by atoms with Crippen molar-refractivity contribution in [3.8, 4) is 17.1 Å². The van der Waals surface area contributed by atoms with Crippen LogP contribution in [0, 0.1) is 13.8 Å². The Kier molecular flexibility index (Phi) is 6.81. The van der Waals surface area contributed by atoms with E-state index in [9.17, 15) is 14.4 Å². The smallest absolute Gasteiger partial charge is 0.295 e. The van der Waals surface area contributed by atoms with Crippen molar-refractivity contribution in [2.75, 3.05) is 5.32 Å². The van der Waals surface area contributed by atoms with Gasteiger partial charge in [0.15, 0.2) is 0 Å². The Labute approximate surface area is 201 Å². The molecule has 0 unspecified atom stereocenters. The average Bonchev–Trinajstić information content (AvgIpc) is 3.40. The van der Waals surface area contributed by atoms with E-state index < -0.39 is 0 Å². The van der Waals surface area contributed by atoms with Crippen molar-refractivity contribution in [1.29, 1.82) is 0 Å². The Morgan fingerprint density at radius 2 is 1.80 bits per heavy atom. The van der Waals surface area contributed by atoms with Gasteiger partial charge in [-0.3, -0.25) is 19.1 Å². The first kappa shape index (κ1) is 23.9. The third-order valence-corrected chi connectivity index (χ3v) is 5.93. The zero-order chi connectivity index (χ0) is 25.1. The zero-order valence-electron chi connectivity index (χ0n) is 20.2. The molecule has 182 valence electrons. The fraction of sp³-hybridized carbons (Fsp3) is 0.320. The van der Waals surface area contributed by atoms with Gasteiger partial charge in [0.25, 0.3) is 11.1 Å². The number of carbonyl (C=O) groups excluding carboxylic acids is 1. The van der Waals surface area contributed by atoms with Crippen LogP contribution in [0.2, 0.25) is 0 Å². The highest BCUT2D eigenvalue weighted by atomic mass is 16.5. The molecule has 1 N–H and O–H groups in total. The highest BCUT2D eigenvalue weighted by molar-refractivity contribution is 5.91. The largest absolute Gasteiger partial charge is 0.339 e. The fourth-order valence-electron chi connectivity index (χ4n) is 3.94. The van der Waals surface area contributed by atoms with E-state index in [1.54, 1.807) is 29.3 Å². The standard InChI is InChI=1S/C25H28N6O4/c1-5-15-30-16(2)11-12-19(24(30)33)23-27-21(35-28-23)14-13-20(32)26-22-17(3)29(4)31(25(22)34)18-9-7-6-8-10-18/h6-12H,5,13-15H2,1-4H3,(H,26,32). The van der Waals surface area contributed by atoms with Gasteiger partial charge in [-0.15, -0.1) is 0 Å². The number of nitrogens with zero attached hydrogens (tertiary/aromatic N) is 5. The Bertz CT molecular complexity index is 1480. The average molecular weight is 477 g/mol. The Balaban J connectivity index is 1.47. The summed E-state index contributed by atoms with van der Waals surface area (Å²) < 4.78 is 10.2. The second-order valence-corrected chi connectivity index (χ2v) is 8.34. The van der Waals surface area contributed by atoms with E-state index in [0.717, 1.165) is 12.1 Å². The molecule has 35 heavy (non-hydrogen) atoms. The normalized spacial score (nSPS) is 11.1. The van der Waals surface area contributed by atoms with E-state index in [1.807, 2.05) is 50.2 Å². The minimum Gasteiger partial charge on any atom is -0.339 e. The van der Waals surface area contributed by atoms with Crippen molar-refractivity contribution >= 4 is 11.6 Å². The second kappa shape index (κ2) is 9.96. The second-order valence-electron chi connectivity index (χ2n) is 8.34. The molecule has 3 aromatic heterocycles. The summed E-state index contributed by atoms with van der Waals surface area (Å²) in [6.45, 7) is 6.26. The topological polar surface area (TPSA) is 117 Å². The van der Waals surface area contributed by atoms with E-state index in [0.29, 0.717) is 23.5 Å². The number of carbonyl (C=O) groups is 1.